The topological polar surface area (TPSA) is 145 Å². The molecule has 0 aromatic heterocycles. The minimum Gasteiger partial charge on any atom is -0.461 e. The summed E-state index contributed by atoms with van der Waals surface area (Å²) in [5, 5.41) is 5.30. The van der Waals surface area contributed by atoms with Gasteiger partial charge in [-0.05, 0) is 51.9 Å². The molecule has 4 rings (SSSR count). The Morgan fingerprint density at radius 1 is 0.806 bits per heavy atom. The minimum absolute atomic E-state index is 0.315. The molecular formula is C24H35N5O7. The van der Waals surface area contributed by atoms with Gasteiger partial charge >= 0.3 is 5.97 Å². The molecule has 36 heavy (non-hydrogen) atoms. The second-order valence-corrected chi connectivity index (χ2v) is 10.0. The van der Waals surface area contributed by atoms with Crippen LogP contribution in [0.25, 0.3) is 0 Å². The van der Waals surface area contributed by atoms with E-state index >= 15 is 0 Å². The Bertz CT molecular complexity index is 940. The number of hydrogen-bond donors (Lipinski definition) is 2. The van der Waals surface area contributed by atoms with Crippen molar-refractivity contribution < 1.29 is 33.5 Å². The molecule has 0 radical (unpaired) electrons. The summed E-state index contributed by atoms with van der Waals surface area (Å²) in [4.78, 5) is 82.6. The molecule has 0 aromatic carbocycles. The summed E-state index contributed by atoms with van der Waals surface area (Å²) < 4.78 is 5.43. The van der Waals surface area contributed by atoms with E-state index in [0.717, 1.165) is 12.8 Å². The van der Waals surface area contributed by atoms with Crippen LogP contribution in [0.2, 0.25) is 0 Å². The first kappa shape index (κ1) is 25.9. The van der Waals surface area contributed by atoms with Gasteiger partial charge < -0.3 is 30.1 Å². The Balaban J connectivity index is 1.67. The van der Waals surface area contributed by atoms with E-state index < -0.39 is 66.4 Å². The van der Waals surface area contributed by atoms with E-state index in [1.165, 1.54) is 21.6 Å². The number of fused-ring (bicyclic) bond motifs is 3. The summed E-state index contributed by atoms with van der Waals surface area (Å²) in [5.74, 6) is -2.78. The number of piperidine rings is 1. The monoisotopic (exact) mass is 505 g/mol. The van der Waals surface area contributed by atoms with E-state index in [2.05, 4.69) is 10.6 Å². The number of nitrogens with one attached hydrogen (secondary N) is 2. The van der Waals surface area contributed by atoms with Gasteiger partial charge in [-0.1, -0.05) is 0 Å². The molecular weight excluding hydrogens is 470 g/mol. The van der Waals surface area contributed by atoms with Crippen molar-refractivity contribution in [1.29, 1.82) is 0 Å². The largest absolute Gasteiger partial charge is 0.461 e. The van der Waals surface area contributed by atoms with E-state index in [1.807, 2.05) is 0 Å². The van der Waals surface area contributed by atoms with Gasteiger partial charge in [-0.25, -0.2) is 4.79 Å². The van der Waals surface area contributed by atoms with Crippen molar-refractivity contribution in [3.8, 4) is 0 Å². The smallest absolute Gasteiger partial charge is 0.328 e. The number of amides is 5. The van der Waals surface area contributed by atoms with Gasteiger partial charge in [0.2, 0.25) is 29.5 Å². The zero-order valence-corrected chi connectivity index (χ0v) is 20.9. The summed E-state index contributed by atoms with van der Waals surface area (Å²) in [6, 6.07) is -4.37. The quantitative estimate of drug-likeness (QED) is 0.431. The Morgan fingerprint density at radius 2 is 1.39 bits per heavy atom. The Labute approximate surface area is 210 Å². The number of carbonyl (C=O) groups excluding carboxylic acids is 6. The first-order valence-electron chi connectivity index (χ1n) is 12.8. The van der Waals surface area contributed by atoms with Gasteiger partial charge in [-0.15, -0.1) is 0 Å². The van der Waals surface area contributed by atoms with E-state index in [-0.39, 0.29) is 5.91 Å². The second-order valence-electron chi connectivity index (χ2n) is 10.0. The molecule has 12 heteroatoms. The van der Waals surface area contributed by atoms with Crippen LogP contribution in [0.1, 0.15) is 58.8 Å². The van der Waals surface area contributed by atoms with Crippen molar-refractivity contribution in [1.82, 2.24) is 25.3 Å². The van der Waals surface area contributed by atoms with Gasteiger partial charge in [-0.2, -0.15) is 0 Å². The molecule has 4 aliphatic rings. The Hall–Kier alpha value is -3.18. The SMILES string of the molecule is CC(=O)N[C@H]1COC(=O)[C@@H]2CCCN2C(=O)[C@H](C)NC(=O)[C@@H]2CCCCN2C(=O)[C@@H]2CCCN2C1=O. The number of hydrogen-bond acceptors (Lipinski definition) is 7. The van der Waals surface area contributed by atoms with Gasteiger partial charge in [0.1, 0.15) is 36.8 Å². The molecule has 2 N–H and O–H groups in total. The fraction of sp³-hybridized carbons (Fsp3) is 0.750. The van der Waals surface area contributed by atoms with E-state index in [1.54, 1.807) is 6.92 Å². The molecule has 4 heterocycles. The summed E-state index contributed by atoms with van der Waals surface area (Å²) in [7, 11) is 0. The molecule has 4 fully saturated rings. The van der Waals surface area contributed by atoms with E-state index in [0.29, 0.717) is 51.7 Å². The maximum Gasteiger partial charge on any atom is 0.328 e. The number of rotatable bonds is 1. The third-order valence-electron chi connectivity index (χ3n) is 7.51. The van der Waals surface area contributed by atoms with Gasteiger partial charge in [0.15, 0.2) is 0 Å². The lowest BCUT2D eigenvalue weighted by Gasteiger charge is -2.39. The summed E-state index contributed by atoms with van der Waals surface area (Å²) in [5.41, 5.74) is 0. The van der Waals surface area contributed by atoms with Crippen LogP contribution in [-0.2, 0) is 33.5 Å². The molecule has 0 saturated carbocycles. The van der Waals surface area contributed by atoms with Crippen LogP contribution in [0.4, 0.5) is 0 Å². The predicted octanol–water partition coefficient (Wildman–Crippen LogP) is -1.08. The third kappa shape index (κ3) is 5.17. The molecule has 198 valence electrons. The zero-order chi connectivity index (χ0) is 26.0. The van der Waals surface area contributed by atoms with Crippen molar-refractivity contribution in [3.63, 3.8) is 0 Å². The predicted molar refractivity (Wildman–Crippen MR) is 125 cm³/mol. The summed E-state index contributed by atoms with van der Waals surface area (Å²) in [6.07, 6.45) is 4.01. The third-order valence-corrected chi connectivity index (χ3v) is 7.51. The Kier molecular flexibility index (Phi) is 7.79. The van der Waals surface area contributed by atoms with Gasteiger partial charge in [0, 0.05) is 26.6 Å². The number of esters is 1. The zero-order valence-electron chi connectivity index (χ0n) is 20.9. The Morgan fingerprint density at radius 3 is 2.08 bits per heavy atom. The van der Waals surface area contributed by atoms with Gasteiger partial charge in [0.05, 0.1) is 0 Å². The van der Waals surface area contributed by atoms with Crippen LogP contribution in [0.3, 0.4) is 0 Å². The summed E-state index contributed by atoms with van der Waals surface area (Å²) >= 11 is 0. The van der Waals surface area contributed by atoms with E-state index in [9.17, 15) is 28.8 Å². The number of ether oxygens (including phenoxy) is 1. The lowest BCUT2D eigenvalue weighted by atomic mass is 9.99. The van der Waals surface area contributed by atoms with Gasteiger partial charge in [-0.3, -0.25) is 24.0 Å². The average Bonchev–Trinajstić information content (AvgIpc) is 3.54. The maximum atomic E-state index is 13.6. The van der Waals surface area contributed by atoms with E-state index in [4.69, 9.17) is 4.74 Å². The molecule has 0 spiro atoms. The standard InChI is InChI=1S/C24H35N5O7/c1-14-21(32)29-12-6-9-19(29)24(35)36-13-16(26-15(2)30)22(33)28-11-5-8-18(28)23(34)27-10-4-3-7-17(27)20(31)25-14/h14,16-19H,3-13H2,1-2H3,(H,25,31)(H,26,30)/t14-,16-,17-,18-,19-/m0/s1. The summed E-state index contributed by atoms with van der Waals surface area (Å²) in [6.45, 7) is 3.49. The van der Waals surface area contributed by atoms with Crippen LogP contribution in [0, 0.1) is 0 Å². The fourth-order valence-corrected chi connectivity index (χ4v) is 5.72. The molecule has 4 aliphatic heterocycles. The lowest BCUT2D eigenvalue weighted by Crippen LogP contribution is -2.61. The highest BCUT2D eigenvalue weighted by Gasteiger charge is 2.44. The molecule has 5 amide bonds. The molecule has 0 bridgehead atoms. The highest BCUT2D eigenvalue weighted by atomic mass is 16.5. The molecule has 0 aliphatic carbocycles. The maximum absolute atomic E-state index is 13.6. The molecule has 0 aromatic rings. The first-order valence-corrected chi connectivity index (χ1v) is 12.8. The minimum atomic E-state index is -1.15. The van der Waals surface area contributed by atoms with Crippen LogP contribution >= 0.6 is 0 Å². The van der Waals surface area contributed by atoms with Gasteiger partial charge in [0.25, 0.3) is 0 Å². The normalized spacial score (nSPS) is 32.4. The van der Waals surface area contributed by atoms with Crippen molar-refractivity contribution in [2.24, 2.45) is 0 Å². The first-order chi connectivity index (χ1) is 17.2. The average molecular weight is 506 g/mol. The number of cyclic esters (lactones) is 1. The lowest BCUT2D eigenvalue weighted by molar-refractivity contribution is -0.158. The number of carbonyl (C=O) groups is 6. The van der Waals surface area contributed by atoms with Crippen LogP contribution in [-0.4, -0.2) is 107 Å². The molecule has 4 saturated heterocycles. The van der Waals surface area contributed by atoms with Crippen LogP contribution in [0.5, 0.6) is 0 Å². The van der Waals surface area contributed by atoms with Crippen LogP contribution < -0.4 is 10.6 Å². The molecule has 5 atom stereocenters. The van der Waals surface area contributed by atoms with Crippen molar-refractivity contribution in [2.75, 3.05) is 26.2 Å². The van der Waals surface area contributed by atoms with Crippen molar-refractivity contribution >= 4 is 35.5 Å². The van der Waals surface area contributed by atoms with Crippen molar-refractivity contribution in [3.05, 3.63) is 0 Å². The highest BCUT2D eigenvalue weighted by molar-refractivity contribution is 5.96. The van der Waals surface area contributed by atoms with Crippen molar-refractivity contribution in [2.45, 2.75) is 89.0 Å². The molecule has 0 unspecified atom stereocenters. The number of nitrogens with zero attached hydrogens (tertiary/aromatic N) is 3. The van der Waals surface area contributed by atoms with Crippen LogP contribution in [0.15, 0.2) is 0 Å². The second kappa shape index (κ2) is 10.8. The molecule has 12 nitrogen and oxygen atoms in total. The fourth-order valence-electron chi connectivity index (χ4n) is 5.72. The highest BCUT2D eigenvalue weighted by Crippen LogP contribution is 2.26.